The zero-order valence-corrected chi connectivity index (χ0v) is 20.1. The molecule has 33 heavy (non-hydrogen) atoms. The fourth-order valence-corrected chi connectivity index (χ4v) is 4.61. The summed E-state index contributed by atoms with van der Waals surface area (Å²) in [5.41, 5.74) is 3.08. The SMILES string of the molecule is CC[C@H]1CN(C(=O)N2CCC(C(=O)NCCc3ccc(Cl)cc3)CC2)c2cc(C)ccc2O1. The maximum Gasteiger partial charge on any atom is 0.324 e. The van der Waals surface area contributed by atoms with Gasteiger partial charge in [0.05, 0.1) is 12.2 Å². The zero-order valence-electron chi connectivity index (χ0n) is 19.4. The second-order valence-electron chi connectivity index (χ2n) is 8.94. The van der Waals surface area contributed by atoms with Crippen LogP contribution in [0.3, 0.4) is 0 Å². The predicted molar refractivity (Wildman–Crippen MR) is 131 cm³/mol. The molecule has 2 aromatic carbocycles. The predicted octanol–water partition coefficient (Wildman–Crippen LogP) is 4.82. The highest BCUT2D eigenvalue weighted by Gasteiger charge is 2.34. The summed E-state index contributed by atoms with van der Waals surface area (Å²) in [6.07, 6.45) is 2.97. The topological polar surface area (TPSA) is 61.9 Å². The molecule has 1 N–H and O–H groups in total. The van der Waals surface area contributed by atoms with Crippen LogP contribution in [0.15, 0.2) is 42.5 Å². The molecule has 176 valence electrons. The third-order valence-corrected chi connectivity index (χ3v) is 6.79. The quantitative estimate of drug-likeness (QED) is 0.683. The van der Waals surface area contributed by atoms with E-state index in [4.69, 9.17) is 16.3 Å². The first-order valence-corrected chi connectivity index (χ1v) is 12.2. The first-order valence-electron chi connectivity index (χ1n) is 11.8. The minimum Gasteiger partial charge on any atom is -0.486 e. The summed E-state index contributed by atoms with van der Waals surface area (Å²) < 4.78 is 6.06. The summed E-state index contributed by atoms with van der Waals surface area (Å²) in [6.45, 7) is 6.42. The number of aryl methyl sites for hydroxylation is 1. The van der Waals surface area contributed by atoms with Gasteiger partial charge in [-0.05, 0) is 68.0 Å². The molecule has 0 spiro atoms. The van der Waals surface area contributed by atoms with Gasteiger partial charge in [0.25, 0.3) is 0 Å². The Bertz CT molecular complexity index is 987. The molecule has 1 atom stereocenters. The number of carbonyl (C=O) groups excluding carboxylic acids is 2. The fourth-order valence-electron chi connectivity index (χ4n) is 4.48. The van der Waals surface area contributed by atoms with Crippen LogP contribution < -0.4 is 15.0 Å². The van der Waals surface area contributed by atoms with E-state index in [1.165, 1.54) is 0 Å². The molecule has 2 aliphatic heterocycles. The van der Waals surface area contributed by atoms with E-state index in [9.17, 15) is 9.59 Å². The highest BCUT2D eigenvalue weighted by Crippen LogP contribution is 2.36. The number of ether oxygens (including phenoxy) is 1. The molecule has 0 saturated carbocycles. The summed E-state index contributed by atoms with van der Waals surface area (Å²) in [5, 5.41) is 3.77. The Labute approximate surface area is 200 Å². The molecule has 4 rings (SSSR count). The van der Waals surface area contributed by atoms with E-state index >= 15 is 0 Å². The van der Waals surface area contributed by atoms with Gasteiger partial charge in [0.2, 0.25) is 5.91 Å². The third-order valence-electron chi connectivity index (χ3n) is 6.53. The molecule has 1 fully saturated rings. The summed E-state index contributed by atoms with van der Waals surface area (Å²) in [4.78, 5) is 29.8. The van der Waals surface area contributed by atoms with Crippen LogP contribution in [-0.2, 0) is 11.2 Å². The first-order chi connectivity index (χ1) is 15.9. The highest BCUT2D eigenvalue weighted by atomic mass is 35.5. The molecule has 3 amide bonds. The van der Waals surface area contributed by atoms with Gasteiger partial charge in [0, 0.05) is 30.6 Å². The number of anilines is 1. The van der Waals surface area contributed by atoms with Gasteiger partial charge in [-0.3, -0.25) is 9.69 Å². The molecule has 7 heteroatoms. The van der Waals surface area contributed by atoms with Crippen molar-refractivity contribution >= 4 is 29.2 Å². The first kappa shape index (κ1) is 23.4. The van der Waals surface area contributed by atoms with E-state index in [2.05, 4.69) is 12.2 Å². The second kappa shape index (κ2) is 10.5. The van der Waals surface area contributed by atoms with Gasteiger partial charge in [-0.25, -0.2) is 4.79 Å². The number of hydrogen-bond donors (Lipinski definition) is 1. The zero-order chi connectivity index (χ0) is 23.4. The average Bonchev–Trinajstić information content (AvgIpc) is 2.84. The number of urea groups is 1. The lowest BCUT2D eigenvalue weighted by atomic mass is 9.96. The smallest absolute Gasteiger partial charge is 0.324 e. The number of likely N-dealkylation sites (tertiary alicyclic amines) is 1. The van der Waals surface area contributed by atoms with Crippen LogP contribution in [0.5, 0.6) is 5.75 Å². The maximum atomic E-state index is 13.4. The van der Waals surface area contributed by atoms with Gasteiger partial charge in [0.1, 0.15) is 11.9 Å². The molecule has 2 heterocycles. The van der Waals surface area contributed by atoms with Crippen molar-refractivity contribution in [2.45, 2.75) is 45.6 Å². The lowest BCUT2D eigenvalue weighted by molar-refractivity contribution is -0.126. The van der Waals surface area contributed by atoms with E-state index < -0.39 is 0 Å². The molecule has 1 saturated heterocycles. The van der Waals surface area contributed by atoms with E-state index in [-0.39, 0.29) is 24.0 Å². The number of rotatable bonds is 5. The number of nitrogens with one attached hydrogen (secondary N) is 1. The van der Waals surface area contributed by atoms with Crippen LogP contribution in [0, 0.1) is 12.8 Å². The second-order valence-corrected chi connectivity index (χ2v) is 9.38. The van der Waals surface area contributed by atoms with Crippen molar-refractivity contribution in [3.8, 4) is 5.75 Å². The van der Waals surface area contributed by atoms with Crippen molar-refractivity contribution in [3.63, 3.8) is 0 Å². The summed E-state index contributed by atoms with van der Waals surface area (Å²) in [5.74, 6) is 0.790. The Morgan fingerprint density at radius 2 is 1.85 bits per heavy atom. The van der Waals surface area contributed by atoms with Crippen molar-refractivity contribution in [1.82, 2.24) is 10.2 Å². The van der Waals surface area contributed by atoms with Gasteiger partial charge in [-0.1, -0.05) is 36.7 Å². The molecule has 0 bridgehead atoms. The standard InChI is InChI=1S/C26H32ClN3O3/c1-3-22-17-30(23-16-18(2)4-9-24(23)33-22)26(32)29-14-11-20(12-15-29)25(31)28-13-10-19-5-7-21(27)8-6-19/h4-9,16,20,22H,3,10-15,17H2,1-2H3,(H,28,31)/t22-/m0/s1. The Hall–Kier alpha value is -2.73. The molecule has 2 aliphatic rings. The van der Waals surface area contributed by atoms with Crippen molar-refractivity contribution in [3.05, 3.63) is 58.6 Å². The largest absolute Gasteiger partial charge is 0.486 e. The molecule has 2 aromatic rings. The molecule has 6 nitrogen and oxygen atoms in total. The van der Waals surface area contributed by atoms with Crippen LogP contribution >= 0.6 is 11.6 Å². The number of fused-ring (bicyclic) bond motifs is 1. The number of nitrogens with zero attached hydrogens (tertiary/aromatic N) is 2. The molecule has 0 unspecified atom stereocenters. The Morgan fingerprint density at radius 3 is 2.55 bits per heavy atom. The number of carbonyl (C=O) groups is 2. The minimum absolute atomic E-state index is 0.00481. The van der Waals surface area contributed by atoms with E-state index in [1.54, 1.807) is 0 Å². The van der Waals surface area contributed by atoms with Crippen LogP contribution in [0.4, 0.5) is 10.5 Å². The van der Waals surface area contributed by atoms with Crippen molar-refractivity contribution < 1.29 is 14.3 Å². The number of piperidine rings is 1. The highest BCUT2D eigenvalue weighted by molar-refractivity contribution is 6.30. The lowest BCUT2D eigenvalue weighted by Crippen LogP contribution is -2.52. The van der Waals surface area contributed by atoms with Gasteiger partial charge >= 0.3 is 6.03 Å². The van der Waals surface area contributed by atoms with Crippen molar-refractivity contribution in [2.75, 3.05) is 31.1 Å². The maximum absolute atomic E-state index is 13.4. The Morgan fingerprint density at radius 1 is 1.12 bits per heavy atom. The van der Waals surface area contributed by atoms with Gasteiger partial charge in [0.15, 0.2) is 0 Å². The molecular formula is C26H32ClN3O3. The van der Waals surface area contributed by atoms with Gasteiger partial charge < -0.3 is 15.0 Å². The minimum atomic E-state index is -0.0538. The number of benzene rings is 2. The normalized spacial score (nSPS) is 18.5. The Balaban J connectivity index is 1.30. The number of amides is 3. The van der Waals surface area contributed by atoms with Gasteiger partial charge in [-0.2, -0.15) is 0 Å². The summed E-state index contributed by atoms with van der Waals surface area (Å²) >= 11 is 5.92. The number of hydrogen-bond acceptors (Lipinski definition) is 3. The third kappa shape index (κ3) is 5.61. The molecule has 0 aliphatic carbocycles. The summed E-state index contributed by atoms with van der Waals surface area (Å²) in [6, 6.07) is 13.7. The lowest BCUT2D eigenvalue weighted by Gasteiger charge is -2.39. The Kier molecular flexibility index (Phi) is 7.43. The molecular weight excluding hydrogens is 438 g/mol. The van der Waals surface area contributed by atoms with Gasteiger partial charge in [-0.15, -0.1) is 0 Å². The van der Waals surface area contributed by atoms with E-state index in [0.717, 1.165) is 35.4 Å². The van der Waals surface area contributed by atoms with Crippen LogP contribution in [0.2, 0.25) is 5.02 Å². The van der Waals surface area contributed by atoms with E-state index in [1.807, 2.05) is 59.2 Å². The van der Waals surface area contributed by atoms with Crippen LogP contribution in [0.25, 0.3) is 0 Å². The average molecular weight is 470 g/mol. The van der Waals surface area contributed by atoms with Crippen LogP contribution in [-0.4, -0.2) is 49.1 Å². The fraction of sp³-hybridized carbons (Fsp3) is 0.462. The van der Waals surface area contributed by atoms with Crippen LogP contribution in [0.1, 0.15) is 37.3 Å². The number of halogens is 1. The monoisotopic (exact) mass is 469 g/mol. The summed E-state index contributed by atoms with van der Waals surface area (Å²) in [7, 11) is 0. The van der Waals surface area contributed by atoms with Crippen molar-refractivity contribution in [2.24, 2.45) is 5.92 Å². The molecule has 0 aromatic heterocycles. The van der Waals surface area contributed by atoms with Crippen molar-refractivity contribution in [1.29, 1.82) is 0 Å². The van der Waals surface area contributed by atoms with E-state index in [0.29, 0.717) is 44.0 Å². The molecule has 0 radical (unpaired) electrons.